The lowest BCUT2D eigenvalue weighted by Crippen LogP contribution is -2.55. The minimum atomic E-state index is -1.18. The van der Waals surface area contributed by atoms with Gasteiger partial charge in [0.25, 0.3) is 0 Å². The number of nitrogens with two attached hydrogens (primary N) is 1. The van der Waals surface area contributed by atoms with E-state index in [1.54, 1.807) is 12.1 Å². The molecule has 2 rings (SSSR count). The zero-order valence-electron chi connectivity index (χ0n) is 17.0. The fraction of sp³-hybridized carbons (Fsp3) is 0.500. The van der Waals surface area contributed by atoms with Crippen LogP contribution in [0.4, 0.5) is 0 Å². The van der Waals surface area contributed by atoms with Crippen LogP contribution in [0, 0.1) is 0 Å². The number of amides is 3. The van der Waals surface area contributed by atoms with E-state index >= 15 is 0 Å². The number of carbonyl (C=O) groups is 4. The van der Waals surface area contributed by atoms with Gasteiger partial charge in [0.2, 0.25) is 17.7 Å². The van der Waals surface area contributed by atoms with Crippen LogP contribution in [0.1, 0.15) is 32.3 Å². The first-order valence-corrected chi connectivity index (χ1v) is 9.77. The smallest absolute Gasteiger partial charge is 0.325 e. The quantitative estimate of drug-likeness (QED) is 0.373. The summed E-state index contributed by atoms with van der Waals surface area (Å²) < 4.78 is 0. The molecular formula is C20H28N4O6. The van der Waals surface area contributed by atoms with E-state index in [-0.39, 0.29) is 18.1 Å². The Morgan fingerprint density at radius 2 is 1.77 bits per heavy atom. The summed E-state index contributed by atoms with van der Waals surface area (Å²) in [6.07, 6.45) is 1.34. The molecule has 1 aliphatic heterocycles. The van der Waals surface area contributed by atoms with E-state index in [2.05, 4.69) is 10.6 Å². The minimum Gasteiger partial charge on any atom is -0.508 e. The van der Waals surface area contributed by atoms with Crippen molar-refractivity contribution in [1.82, 2.24) is 15.5 Å². The van der Waals surface area contributed by atoms with Gasteiger partial charge < -0.3 is 31.5 Å². The van der Waals surface area contributed by atoms with Gasteiger partial charge in [0.1, 0.15) is 23.9 Å². The van der Waals surface area contributed by atoms with Crippen LogP contribution in [-0.2, 0) is 25.6 Å². The molecule has 0 aliphatic carbocycles. The van der Waals surface area contributed by atoms with Gasteiger partial charge in [-0.05, 0) is 50.8 Å². The van der Waals surface area contributed by atoms with Crippen molar-refractivity contribution >= 4 is 23.7 Å². The molecule has 1 saturated heterocycles. The Kier molecular flexibility index (Phi) is 7.76. The summed E-state index contributed by atoms with van der Waals surface area (Å²) in [7, 11) is 0. The van der Waals surface area contributed by atoms with Crippen molar-refractivity contribution in [3.63, 3.8) is 0 Å². The van der Waals surface area contributed by atoms with E-state index in [1.165, 1.54) is 30.9 Å². The molecule has 0 spiro atoms. The van der Waals surface area contributed by atoms with Crippen LogP contribution in [0.25, 0.3) is 0 Å². The number of aliphatic carboxylic acids is 1. The van der Waals surface area contributed by atoms with Crippen molar-refractivity contribution in [2.24, 2.45) is 5.73 Å². The SMILES string of the molecule is CC(NC(=O)C(C)NC(=O)C1CCCN1C(=O)C(N)Cc1ccc(O)cc1)C(=O)O. The Hall–Kier alpha value is -3.14. The molecule has 0 bridgehead atoms. The molecule has 6 N–H and O–H groups in total. The third kappa shape index (κ3) is 5.93. The van der Waals surface area contributed by atoms with Gasteiger partial charge in [0.15, 0.2) is 0 Å². The van der Waals surface area contributed by atoms with Crippen LogP contribution >= 0.6 is 0 Å². The summed E-state index contributed by atoms with van der Waals surface area (Å²) in [5.74, 6) is -2.54. The van der Waals surface area contributed by atoms with Gasteiger partial charge >= 0.3 is 5.97 Å². The van der Waals surface area contributed by atoms with Crippen molar-refractivity contribution in [1.29, 1.82) is 0 Å². The number of benzene rings is 1. The summed E-state index contributed by atoms with van der Waals surface area (Å²) >= 11 is 0. The molecule has 0 aromatic heterocycles. The molecule has 1 aliphatic rings. The summed E-state index contributed by atoms with van der Waals surface area (Å²) in [6, 6.07) is 2.74. The standard InChI is InChI=1S/C20H28N4O6/c1-11(17(26)23-12(2)20(29)30)22-18(27)16-4-3-9-24(16)19(28)15(21)10-13-5-7-14(25)8-6-13/h5-8,11-12,15-16,25H,3-4,9-10,21H2,1-2H3,(H,22,27)(H,23,26)(H,29,30). The molecule has 4 unspecified atom stereocenters. The largest absolute Gasteiger partial charge is 0.508 e. The topological polar surface area (TPSA) is 162 Å². The van der Waals surface area contributed by atoms with E-state index in [0.717, 1.165) is 5.56 Å². The van der Waals surface area contributed by atoms with E-state index in [1.807, 2.05) is 0 Å². The van der Waals surface area contributed by atoms with Crippen LogP contribution in [0.15, 0.2) is 24.3 Å². The van der Waals surface area contributed by atoms with Crippen LogP contribution in [0.5, 0.6) is 5.75 Å². The molecule has 1 heterocycles. The van der Waals surface area contributed by atoms with E-state index < -0.39 is 42.0 Å². The Morgan fingerprint density at radius 3 is 2.37 bits per heavy atom. The van der Waals surface area contributed by atoms with Gasteiger partial charge in [-0.3, -0.25) is 19.2 Å². The number of carbonyl (C=O) groups excluding carboxylic acids is 3. The van der Waals surface area contributed by atoms with E-state index in [4.69, 9.17) is 10.8 Å². The molecule has 0 radical (unpaired) electrons. The minimum absolute atomic E-state index is 0.117. The fourth-order valence-electron chi connectivity index (χ4n) is 3.26. The van der Waals surface area contributed by atoms with Crippen molar-refractivity contribution in [2.45, 2.75) is 57.3 Å². The molecule has 1 aromatic rings. The number of carboxylic acid groups (broad SMARTS) is 1. The summed E-state index contributed by atoms with van der Waals surface area (Å²) in [4.78, 5) is 49.8. The van der Waals surface area contributed by atoms with Crippen molar-refractivity contribution < 1.29 is 29.4 Å². The normalized spacial score (nSPS) is 18.9. The van der Waals surface area contributed by atoms with Crippen LogP contribution < -0.4 is 16.4 Å². The highest BCUT2D eigenvalue weighted by Crippen LogP contribution is 2.20. The number of phenols is 1. The van der Waals surface area contributed by atoms with Gasteiger partial charge in [-0.25, -0.2) is 0 Å². The van der Waals surface area contributed by atoms with Crippen LogP contribution in [0.2, 0.25) is 0 Å². The Balaban J connectivity index is 1.95. The molecule has 0 saturated carbocycles. The fourth-order valence-corrected chi connectivity index (χ4v) is 3.26. The highest BCUT2D eigenvalue weighted by Gasteiger charge is 2.37. The average molecular weight is 420 g/mol. The van der Waals surface area contributed by atoms with E-state index in [0.29, 0.717) is 19.4 Å². The second-order valence-electron chi connectivity index (χ2n) is 7.47. The molecule has 1 aromatic carbocycles. The number of likely N-dealkylation sites (tertiary alicyclic amines) is 1. The first kappa shape index (κ1) is 23.1. The molecule has 1 fully saturated rings. The number of hydrogen-bond acceptors (Lipinski definition) is 6. The van der Waals surface area contributed by atoms with Crippen molar-refractivity contribution in [3.8, 4) is 5.75 Å². The molecule has 4 atom stereocenters. The number of nitrogens with zero attached hydrogens (tertiary/aromatic N) is 1. The lowest BCUT2D eigenvalue weighted by molar-refractivity contribution is -0.142. The Morgan fingerprint density at radius 1 is 1.13 bits per heavy atom. The van der Waals surface area contributed by atoms with Gasteiger partial charge in [0.05, 0.1) is 6.04 Å². The highest BCUT2D eigenvalue weighted by atomic mass is 16.4. The van der Waals surface area contributed by atoms with Crippen LogP contribution in [0.3, 0.4) is 0 Å². The lowest BCUT2D eigenvalue weighted by atomic mass is 10.0. The number of phenolic OH excluding ortho intramolecular Hbond substituents is 1. The van der Waals surface area contributed by atoms with Crippen LogP contribution in [-0.4, -0.2) is 69.5 Å². The third-order valence-electron chi connectivity index (χ3n) is 5.03. The first-order valence-electron chi connectivity index (χ1n) is 9.77. The average Bonchev–Trinajstić information content (AvgIpc) is 3.18. The van der Waals surface area contributed by atoms with Gasteiger partial charge in [-0.1, -0.05) is 12.1 Å². The lowest BCUT2D eigenvalue weighted by Gasteiger charge is -2.27. The Labute approximate surface area is 174 Å². The monoisotopic (exact) mass is 420 g/mol. The predicted molar refractivity (Wildman–Crippen MR) is 107 cm³/mol. The molecular weight excluding hydrogens is 392 g/mol. The number of carboxylic acids is 1. The predicted octanol–water partition coefficient (Wildman–Crippen LogP) is -0.653. The van der Waals surface area contributed by atoms with Crippen molar-refractivity contribution in [2.75, 3.05) is 6.54 Å². The Bertz CT molecular complexity index is 797. The van der Waals surface area contributed by atoms with Crippen molar-refractivity contribution in [3.05, 3.63) is 29.8 Å². The van der Waals surface area contributed by atoms with Gasteiger partial charge in [0, 0.05) is 6.54 Å². The first-order chi connectivity index (χ1) is 14.1. The maximum Gasteiger partial charge on any atom is 0.325 e. The van der Waals surface area contributed by atoms with Gasteiger partial charge in [-0.15, -0.1) is 0 Å². The zero-order valence-corrected chi connectivity index (χ0v) is 17.0. The molecule has 30 heavy (non-hydrogen) atoms. The zero-order chi connectivity index (χ0) is 22.4. The highest BCUT2D eigenvalue weighted by molar-refractivity contribution is 5.94. The third-order valence-corrected chi connectivity index (χ3v) is 5.03. The molecule has 10 nitrogen and oxygen atoms in total. The summed E-state index contributed by atoms with van der Waals surface area (Å²) in [5.41, 5.74) is 6.84. The van der Waals surface area contributed by atoms with Gasteiger partial charge in [-0.2, -0.15) is 0 Å². The maximum absolute atomic E-state index is 12.8. The molecule has 10 heteroatoms. The maximum atomic E-state index is 12.8. The number of aromatic hydroxyl groups is 1. The summed E-state index contributed by atoms with van der Waals surface area (Å²) in [6.45, 7) is 3.15. The number of hydrogen-bond donors (Lipinski definition) is 5. The second kappa shape index (κ2) is 10.1. The van der Waals surface area contributed by atoms with E-state index in [9.17, 15) is 24.3 Å². The number of rotatable bonds is 8. The molecule has 3 amide bonds. The summed E-state index contributed by atoms with van der Waals surface area (Å²) in [5, 5.41) is 23.0. The molecule has 164 valence electrons. The number of nitrogens with one attached hydrogen (secondary N) is 2. The second-order valence-corrected chi connectivity index (χ2v) is 7.47.